The summed E-state index contributed by atoms with van der Waals surface area (Å²) in [6, 6.07) is 0. The Morgan fingerprint density at radius 3 is 1.39 bits per heavy atom. The quantitative estimate of drug-likeness (QED) is 0.447. The molecule has 0 amide bonds. The largest absolute Gasteiger partial charge is 0.381 e. The molecule has 0 aromatic rings. The molecule has 0 radical (unpaired) electrons. The van der Waals surface area contributed by atoms with Gasteiger partial charge >= 0.3 is 0 Å². The predicted molar refractivity (Wildman–Crippen MR) is 79.0 cm³/mol. The number of unbranched alkanes of at least 4 members (excludes halogenated alkanes) is 3. The standard InChI is InChI=1S/C16H34O2/c1-5-15(3)13-17-11-9-7-8-10-12-18-14-16(4)6-2/h15-16H,5-14H2,1-4H3. The van der Waals surface area contributed by atoms with Crippen molar-refractivity contribution in [3.8, 4) is 0 Å². The van der Waals surface area contributed by atoms with E-state index in [4.69, 9.17) is 9.47 Å². The van der Waals surface area contributed by atoms with E-state index in [1.807, 2.05) is 0 Å². The highest BCUT2D eigenvalue weighted by molar-refractivity contribution is 4.49. The van der Waals surface area contributed by atoms with Crippen LogP contribution in [0.25, 0.3) is 0 Å². The van der Waals surface area contributed by atoms with Gasteiger partial charge in [-0.05, 0) is 24.7 Å². The second kappa shape index (κ2) is 13.4. The Balaban J connectivity index is 3.03. The van der Waals surface area contributed by atoms with Crippen LogP contribution in [-0.2, 0) is 9.47 Å². The minimum atomic E-state index is 0.707. The molecule has 0 aliphatic carbocycles. The van der Waals surface area contributed by atoms with E-state index in [0.717, 1.165) is 26.4 Å². The Bertz CT molecular complexity index is 141. The predicted octanol–water partition coefficient (Wildman–Crippen LogP) is 4.67. The highest BCUT2D eigenvalue weighted by Gasteiger charge is 1.99. The smallest absolute Gasteiger partial charge is 0.0491 e. The van der Waals surface area contributed by atoms with Gasteiger partial charge in [0, 0.05) is 26.4 Å². The van der Waals surface area contributed by atoms with Gasteiger partial charge in [-0.3, -0.25) is 0 Å². The van der Waals surface area contributed by atoms with Gasteiger partial charge in [0.2, 0.25) is 0 Å². The van der Waals surface area contributed by atoms with Crippen molar-refractivity contribution in [3.63, 3.8) is 0 Å². The van der Waals surface area contributed by atoms with Crippen molar-refractivity contribution >= 4 is 0 Å². The fourth-order valence-corrected chi connectivity index (χ4v) is 1.57. The summed E-state index contributed by atoms with van der Waals surface area (Å²) >= 11 is 0. The first kappa shape index (κ1) is 17.9. The molecule has 0 N–H and O–H groups in total. The molecule has 0 rings (SSSR count). The van der Waals surface area contributed by atoms with Gasteiger partial charge in [-0.1, -0.05) is 53.4 Å². The lowest BCUT2D eigenvalue weighted by Gasteiger charge is -2.10. The van der Waals surface area contributed by atoms with Crippen molar-refractivity contribution in [2.24, 2.45) is 11.8 Å². The summed E-state index contributed by atoms with van der Waals surface area (Å²) in [7, 11) is 0. The van der Waals surface area contributed by atoms with E-state index in [0.29, 0.717) is 11.8 Å². The first-order chi connectivity index (χ1) is 8.70. The van der Waals surface area contributed by atoms with Crippen LogP contribution >= 0.6 is 0 Å². The lowest BCUT2D eigenvalue weighted by atomic mass is 10.1. The van der Waals surface area contributed by atoms with Crippen LogP contribution < -0.4 is 0 Å². The van der Waals surface area contributed by atoms with Crippen LogP contribution in [0, 0.1) is 11.8 Å². The second-order valence-corrected chi connectivity index (χ2v) is 5.59. The maximum atomic E-state index is 5.63. The SMILES string of the molecule is CCC(C)COCCCCCCOCC(C)CC. The number of ether oxygens (including phenoxy) is 2. The molecule has 2 nitrogen and oxygen atoms in total. The van der Waals surface area contributed by atoms with E-state index >= 15 is 0 Å². The Labute approximate surface area is 114 Å². The van der Waals surface area contributed by atoms with Gasteiger partial charge in [-0.2, -0.15) is 0 Å². The van der Waals surface area contributed by atoms with Crippen LogP contribution in [0.5, 0.6) is 0 Å². The first-order valence-electron chi connectivity index (χ1n) is 7.86. The van der Waals surface area contributed by atoms with Gasteiger partial charge in [-0.15, -0.1) is 0 Å². The van der Waals surface area contributed by atoms with Gasteiger partial charge in [0.05, 0.1) is 0 Å². The summed E-state index contributed by atoms with van der Waals surface area (Å²) in [6.45, 7) is 12.6. The Morgan fingerprint density at radius 2 is 1.06 bits per heavy atom. The van der Waals surface area contributed by atoms with E-state index in [9.17, 15) is 0 Å². The van der Waals surface area contributed by atoms with Crippen LogP contribution in [0.15, 0.2) is 0 Å². The zero-order valence-corrected chi connectivity index (χ0v) is 13.0. The molecule has 0 bridgehead atoms. The molecule has 0 aliphatic rings. The highest BCUT2D eigenvalue weighted by atomic mass is 16.5. The molecule has 2 heteroatoms. The average molecular weight is 258 g/mol. The van der Waals surface area contributed by atoms with Gasteiger partial charge < -0.3 is 9.47 Å². The maximum absolute atomic E-state index is 5.63. The second-order valence-electron chi connectivity index (χ2n) is 5.59. The van der Waals surface area contributed by atoms with Crippen molar-refractivity contribution in [2.75, 3.05) is 26.4 Å². The Morgan fingerprint density at radius 1 is 0.667 bits per heavy atom. The molecule has 110 valence electrons. The normalized spacial score (nSPS) is 14.7. The molecule has 0 aliphatic heterocycles. The summed E-state index contributed by atoms with van der Waals surface area (Å²) in [4.78, 5) is 0. The molecule has 2 unspecified atom stereocenters. The molecule has 0 aromatic heterocycles. The maximum Gasteiger partial charge on any atom is 0.0491 e. The zero-order valence-electron chi connectivity index (χ0n) is 13.0. The third-order valence-corrected chi connectivity index (χ3v) is 3.53. The third kappa shape index (κ3) is 12.4. The molecule has 0 saturated heterocycles. The van der Waals surface area contributed by atoms with Gasteiger partial charge in [-0.25, -0.2) is 0 Å². The monoisotopic (exact) mass is 258 g/mol. The molecule has 18 heavy (non-hydrogen) atoms. The number of hydrogen-bond donors (Lipinski definition) is 0. The fourth-order valence-electron chi connectivity index (χ4n) is 1.57. The Kier molecular flexibility index (Phi) is 13.3. The molecule has 0 fully saturated rings. The molecule has 0 saturated carbocycles. The van der Waals surface area contributed by atoms with E-state index in [1.54, 1.807) is 0 Å². The summed E-state index contributed by atoms with van der Waals surface area (Å²) in [5.41, 5.74) is 0. The lowest BCUT2D eigenvalue weighted by molar-refractivity contribution is 0.0929. The zero-order chi connectivity index (χ0) is 13.6. The van der Waals surface area contributed by atoms with Crippen LogP contribution in [0.4, 0.5) is 0 Å². The van der Waals surface area contributed by atoms with Crippen LogP contribution in [0.2, 0.25) is 0 Å². The fraction of sp³-hybridized carbons (Fsp3) is 1.00. The lowest BCUT2D eigenvalue weighted by Crippen LogP contribution is -2.06. The van der Waals surface area contributed by atoms with Crippen molar-refractivity contribution in [2.45, 2.75) is 66.2 Å². The molecule has 2 atom stereocenters. The molecular formula is C16H34O2. The third-order valence-electron chi connectivity index (χ3n) is 3.53. The van der Waals surface area contributed by atoms with Crippen molar-refractivity contribution in [1.82, 2.24) is 0 Å². The summed E-state index contributed by atoms with van der Waals surface area (Å²) in [6.07, 6.45) is 7.37. The van der Waals surface area contributed by atoms with Gasteiger partial charge in [0.1, 0.15) is 0 Å². The minimum Gasteiger partial charge on any atom is -0.381 e. The van der Waals surface area contributed by atoms with E-state index < -0.39 is 0 Å². The van der Waals surface area contributed by atoms with Gasteiger partial charge in [0.15, 0.2) is 0 Å². The van der Waals surface area contributed by atoms with E-state index in [2.05, 4.69) is 27.7 Å². The number of rotatable bonds is 13. The Hall–Kier alpha value is -0.0800. The molecular weight excluding hydrogens is 224 g/mol. The van der Waals surface area contributed by atoms with Crippen LogP contribution in [0.3, 0.4) is 0 Å². The molecule has 0 heterocycles. The minimum absolute atomic E-state index is 0.707. The van der Waals surface area contributed by atoms with Crippen molar-refractivity contribution < 1.29 is 9.47 Å². The van der Waals surface area contributed by atoms with Gasteiger partial charge in [0.25, 0.3) is 0 Å². The van der Waals surface area contributed by atoms with Crippen LogP contribution in [0.1, 0.15) is 66.2 Å². The van der Waals surface area contributed by atoms with Crippen molar-refractivity contribution in [1.29, 1.82) is 0 Å². The topological polar surface area (TPSA) is 18.5 Å². The highest BCUT2D eigenvalue weighted by Crippen LogP contribution is 2.05. The molecule has 0 spiro atoms. The average Bonchev–Trinajstić information content (AvgIpc) is 2.40. The van der Waals surface area contributed by atoms with Crippen LogP contribution in [-0.4, -0.2) is 26.4 Å². The number of hydrogen-bond acceptors (Lipinski definition) is 2. The first-order valence-corrected chi connectivity index (χ1v) is 7.86. The summed E-state index contributed by atoms with van der Waals surface area (Å²) in [5, 5.41) is 0. The van der Waals surface area contributed by atoms with E-state index in [1.165, 1.54) is 38.5 Å². The van der Waals surface area contributed by atoms with Crippen molar-refractivity contribution in [3.05, 3.63) is 0 Å². The molecule has 0 aromatic carbocycles. The summed E-state index contributed by atoms with van der Waals surface area (Å²) < 4.78 is 11.3. The van der Waals surface area contributed by atoms with E-state index in [-0.39, 0.29) is 0 Å². The summed E-state index contributed by atoms with van der Waals surface area (Å²) in [5.74, 6) is 1.41.